The molecule has 2 fully saturated rings. The van der Waals surface area contributed by atoms with Gasteiger partial charge in [0.05, 0.1) is 25.3 Å². The van der Waals surface area contributed by atoms with E-state index in [-0.39, 0.29) is 18.0 Å². The predicted molar refractivity (Wildman–Crippen MR) is 166 cm³/mol. The number of benzene rings is 3. The lowest BCUT2D eigenvalue weighted by molar-refractivity contribution is -0.154. The molecule has 0 aromatic heterocycles. The molecular weight excluding hydrogens is 618 g/mol. The number of ether oxygens (including phenoxy) is 2. The van der Waals surface area contributed by atoms with Crippen molar-refractivity contribution in [2.24, 2.45) is 0 Å². The number of nitrogens with zero attached hydrogens (tertiary/aromatic N) is 2. The summed E-state index contributed by atoms with van der Waals surface area (Å²) in [7, 11) is 0. The minimum absolute atomic E-state index is 0.101. The molecule has 2 heterocycles. The van der Waals surface area contributed by atoms with Crippen molar-refractivity contribution in [3.8, 4) is 0 Å². The lowest BCUT2D eigenvalue weighted by Crippen LogP contribution is -2.69. The Labute approximate surface area is 259 Å². The van der Waals surface area contributed by atoms with Crippen LogP contribution in [0.2, 0.25) is 0 Å². The summed E-state index contributed by atoms with van der Waals surface area (Å²) in [6, 6.07) is 27.4. The third kappa shape index (κ3) is 6.72. The first-order valence-electron chi connectivity index (χ1n) is 13.7. The Hall–Kier alpha value is -3.60. The van der Waals surface area contributed by atoms with Crippen LogP contribution in [0.15, 0.2) is 102 Å². The number of esters is 1. The Morgan fingerprint density at radius 3 is 2.00 bits per heavy atom. The molecule has 2 aliphatic rings. The fourth-order valence-corrected chi connectivity index (χ4v) is 6.14. The molecule has 8 nitrogen and oxygen atoms in total. The van der Waals surface area contributed by atoms with Crippen LogP contribution in [0.4, 0.5) is 0 Å². The van der Waals surface area contributed by atoms with E-state index in [0.717, 1.165) is 16.7 Å². The van der Waals surface area contributed by atoms with Crippen LogP contribution < -0.4 is 5.32 Å². The Kier molecular flexibility index (Phi) is 9.99. The van der Waals surface area contributed by atoms with Gasteiger partial charge in [-0.05, 0) is 16.7 Å². The molecule has 2 aliphatic heterocycles. The van der Waals surface area contributed by atoms with Crippen molar-refractivity contribution in [2.75, 3.05) is 31.6 Å². The highest BCUT2D eigenvalue weighted by Gasteiger charge is 2.51. The summed E-state index contributed by atoms with van der Waals surface area (Å²) in [5.41, 5.74) is 3.13. The van der Waals surface area contributed by atoms with Gasteiger partial charge in [-0.15, -0.1) is 0 Å². The predicted octanol–water partition coefficient (Wildman–Crippen LogP) is 4.08. The lowest BCUT2D eigenvalue weighted by Gasteiger charge is -2.46. The van der Waals surface area contributed by atoms with Crippen LogP contribution in [0.3, 0.4) is 0 Å². The monoisotopic (exact) mass is 649 g/mol. The van der Waals surface area contributed by atoms with Gasteiger partial charge in [0, 0.05) is 18.4 Å². The Bertz CT molecular complexity index is 1380. The van der Waals surface area contributed by atoms with E-state index in [9.17, 15) is 14.4 Å². The van der Waals surface area contributed by atoms with E-state index >= 15 is 0 Å². The fourth-order valence-electron chi connectivity index (χ4n) is 5.09. The van der Waals surface area contributed by atoms with Gasteiger partial charge in [-0.3, -0.25) is 14.5 Å². The topological polar surface area (TPSA) is 88.2 Å². The van der Waals surface area contributed by atoms with Crippen molar-refractivity contribution in [1.29, 1.82) is 0 Å². The third-order valence-electron chi connectivity index (χ3n) is 7.25. The van der Waals surface area contributed by atoms with Crippen molar-refractivity contribution in [3.05, 3.63) is 119 Å². The number of morpholine rings is 1. The zero-order valence-corrected chi connectivity index (χ0v) is 25.4. The van der Waals surface area contributed by atoms with Gasteiger partial charge in [-0.1, -0.05) is 107 Å². The lowest BCUT2D eigenvalue weighted by atomic mass is 10.0. The maximum atomic E-state index is 14.2. The number of carbonyl (C=O) groups is 3. The van der Waals surface area contributed by atoms with Crippen molar-refractivity contribution >= 4 is 46.3 Å². The summed E-state index contributed by atoms with van der Waals surface area (Å²) in [4.78, 5) is 43.9. The molecule has 3 aromatic rings. The van der Waals surface area contributed by atoms with E-state index in [0.29, 0.717) is 37.3 Å². The molecular formula is C32H32BrN3O5S. The van der Waals surface area contributed by atoms with E-state index in [1.807, 2.05) is 95.9 Å². The number of amides is 2. The summed E-state index contributed by atoms with van der Waals surface area (Å²) in [5, 5.41) is 2.33. The number of nitrogens with one attached hydrogen (secondary N) is 1. The van der Waals surface area contributed by atoms with Crippen LogP contribution in [-0.4, -0.2) is 70.6 Å². The second-order valence-corrected chi connectivity index (χ2v) is 11.1. The average Bonchev–Trinajstić information content (AvgIpc) is 3.04. The van der Waals surface area contributed by atoms with Crippen molar-refractivity contribution in [2.45, 2.75) is 23.9 Å². The molecule has 5 rings (SSSR count). The van der Waals surface area contributed by atoms with E-state index in [1.165, 1.54) is 4.90 Å². The molecule has 10 heteroatoms. The molecule has 0 saturated carbocycles. The van der Waals surface area contributed by atoms with Gasteiger partial charge in [0.1, 0.15) is 11.4 Å². The number of hydrogen-bond donors (Lipinski definition) is 2. The van der Waals surface area contributed by atoms with Gasteiger partial charge >= 0.3 is 5.97 Å². The highest BCUT2D eigenvalue weighted by molar-refractivity contribution is 9.09. The number of alkyl halides is 1. The van der Waals surface area contributed by atoms with Gasteiger partial charge in [-0.2, -0.15) is 12.6 Å². The molecule has 2 amide bonds. The SMILES string of the molecule is O=C(Cc1ccccc1)N[C@@H]1C(=O)N(/C(C(=O)OC(c2ccccc2)c2ccccc2)=C(\CBr)N2CCOCC2)[C@@H]1S. The van der Waals surface area contributed by atoms with Crippen LogP contribution in [0.1, 0.15) is 22.8 Å². The summed E-state index contributed by atoms with van der Waals surface area (Å²) in [6.45, 7) is 2.09. The average molecular weight is 651 g/mol. The van der Waals surface area contributed by atoms with Gasteiger partial charge in [-0.25, -0.2) is 4.79 Å². The number of likely N-dealkylation sites (tertiary alicyclic amines) is 1. The summed E-state index contributed by atoms with van der Waals surface area (Å²) in [5.74, 6) is -1.38. The highest BCUT2D eigenvalue weighted by Crippen LogP contribution is 2.35. The number of halogens is 1. The Morgan fingerprint density at radius 1 is 0.929 bits per heavy atom. The Balaban J connectivity index is 1.44. The highest BCUT2D eigenvalue weighted by atomic mass is 79.9. The number of thiol groups is 1. The molecule has 0 spiro atoms. The number of carbonyl (C=O) groups excluding carboxylic acids is 3. The maximum absolute atomic E-state index is 14.2. The summed E-state index contributed by atoms with van der Waals surface area (Å²) >= 11 is 8.24. The maximum Gasteiger partial charge on any atom is 0.357 e. The molecule has 2 atom stereocenters. The van der Waals surface area contributed by atoms with E-state index in [4.69, 9.17) is 9.47 Å². The van der Waals surface area contributed by atoms with Crippen LogP contribution in [0.5, 0.6) is 0 Å². The molecule has 1 N–H and O–H groups in total. The van der Waals surface area contributed by atoms with Gasteiger partial charge in [0.15, 0.2) is 11.8 Å². The van der Waals surface area contributed by atoms with Crippen LogP contribution >= 0.6 is 28.6 Å². The third-order valence-corrected chi connectivity index (χ3v) is 8.31. The molecule has 2 saturated heterocycles. The zero-order valence-electron chi connectivity index (χ0n) is 22.9. The molecule has 218 valence electrons. The van der Waals surface area contributed by atoms with Crippen molar-refractivity contribution in [1.82, 2.24) is 15.1 Å². The molecule has 0 unspecified atom stereocenters. The smallest absolute Gasteiger partial charge is 0.357 e. The number of β-lactam (4-membered cyclic amide) rings is 1. The largest absolute Gasteiger partial charge is 0.448 e. The molecule has 42 heavy (non-hydrogen) atoms. The number of rotatable bonds is 10. The van der Waals surface area contributed by atoms with Gasteiger partial charge in [0.2, 0.25) is 5.91 Å². The first-order valence-corrected chi connectivity index (χ1v) is 15.4. The van der Waals surface area contributed by atoms with Gasteiger partial charge in [0.25, 0.3) is 5.91 Å². The Morgan fingerprint density at radius 2 is 1.48 bits per heavy atom. The first kappa shape index (κ1) is 29.9. The van der Waals surface area contributed by atoms with E-state index < -0.39 is 29.4 Å². The second-order valence-electron chi connectivity index (χ2n) is 9.96. The van der Waals surface area contributed by atoms with Crippen molar-refractivity contribution in [3.63, 3.8) is 0 Å². The van der Waals surface area contributed by atoms with E-state index in [1.54, 1.807) is 0 Å². The van der Waals surface area contributed by atoms with E-state index in [2.05, 4.69) is 33.9 Å². The fraction of sp³-hybridized carbons (Fsp3) is 0.281. The van der Waals surface area contributed by atoms with Crippen LogP contribution in [0, 0.1) is 0 Å². The quantitative estimate of drug-likeness (QED) is 0.113. The number of hydrogen-bond acceptors (Lipinski definition) is 7. The van der Waals surface area contributed by atoms with Gasteiger partial charge < -0.3 is 19.7 Å². The molecule has 0 aliphatic carbocycles. The molecule has 3 aromatic carbocycles. The molecule has 0 bridgehead atoms. The second kappa shape index (κ2) is 14.0. The number of allylic oxidation sites excluding steroid dienone is 1. The standard InChI is InChI=1S/C32H32BrN3O5S/c33-21-25(35-16-18-40-19-17-35)28(32(39)41-29(23-12-6-2-7-13-23)24-14-8-3-9-15-24)36-30(38)27(31(36)42)34-26(37)20-22-10-4-1-5-11-22/h1-15,27,29,31,42H,16-21H2,(H,34,37)/b28-25+/t27-,31-/m1/s1. The zero-order chi connectivity index (χ0) is 29.5. The minimum Gasteiger partial charge on any atom is -0.448 e. The van der Waals surface area contributed by atoms with Crippen LogP contribution in [-0.2, 0) is 30.3 Å². The normalized spacial score (nSPS) is 19.2. The first-order chi connectivity index (χ1) is 20.5. The molecule has 0 radical (unpaired) electrons. The summed E-state index contributed by atoms with van der Waals surface area (Å²) < 4.78 is 11.7. The van der Waals surface area contributed by atoms with Crippen molar-refractivity contribution < 1.29 is 23.9 Å². The summed E-state index contributed by atoms with van der Waals surface area (Å²) in [6.07, 6.45) is -0.571. The minimum atomic E-state index is -0.882. The van der Waals surface area contributed by atoms with Crippen LogP contribution in [0.25, 0.3) is 0 Å².